The van der Waals surface area contributed by atoms with Crippen molar-refractivity contribution in [2.24, 2.45) is 0 Å². The zero-order valence-electron chi connectivity index (χ0n) is 9.56. The van der Waals surface area contributed by atoms with Gasteiger partial charge >= 0.3 is 0 Å². The first-order chi connectivity index (χ1) is 8.22. The Morgan fingerprint density at radius 2 is 2.29 bits per heavy atom. The number of ether oxygens (including phenoxy) is 1. The monoisotopic (exact) mass is 295 g/mol. The van der Waals surface area contributed by atoms with Gasteiger partial charge in [0.05, 0.1) is 23.0 Å². The Morgan fingerprint density at radius 3 is 2.94 bits per heavy atom. The van der Waals surface area contributed by atoms with E-state index in [0.29, 0.717) is 18.0 Å². The normalized spacial score (nSPS) is 10.5. The number of benzene rings is 1. The van der Waals surface area contributed by atoms with Crippen LogP contribution in [0.1, 0.15) is 13.3 Å². The third-order valence-corrected chi connectivity index (χ3v) is 2.71. The SMILES string of the molecule is CCCOc1cccc(-n2cc(Br)cn2)c1N. The molecule has 0 bridgehead atoms. The van der Waals surface area contributed by atoms with E-state index in [0.717, 1.165) is 16.6 Å². The molecule has 0 aliphatic heterocycles. The predicted octanol–water partition coefficient (Wildman–Crippen LogP) is 3.01. The van der Waals surface area contributed by atoms with Gasteiger partial charge in [-0.15, -0.1) is 0 Å². The standard InChI is InChI=1S/C12H14BrN3O/c1-2-6-17-11-5-3-4-10(12(11)14)16-8-9(13)7-15-16/h3-5,7-8H,2,6,14H2,1H3. The molecule has 0 saturated carbocycles. The van der Waals surface area contributed by atoms with Crippen LogP contribution in [0.25, 0.3) is 5.69 Å². The van der Waals surface area contributed by atoms with Gasteiger partial charge in [-0.1, -0.05) is 13.0 Å². The number of halogens is 1. The molecule has 0 aliphatic rings. The molecular weight excluding hydrogens is 282 g/mol. The van der Waals surface area contributed by atoms with Crippen LogP contribution in [-0.2, 0) is 0 Å². The van der Waals surface area contributed by atoms with Crippen molar-refractivity contribution in [2.45, 2.75) is 13.3 Å². The van der Waals surface area contributed by atoms with E-state index in [-0.39, 0.29) is 0 Å². The molecule has 0 atom stereocenters. The second kappa shape index (κ2) is 5.23. The summed E-state index contributed by atoms with van der Waals surface area (Å²) in [4.78, 5) is 0. The minimum atomic E-state index is 0.608. The Balaban J connectivity index is 2.35. The lowest BCUT2D eigenvalue weighted by atomic mass is 10.2. The highest BCUT2D eigenvalue weighted by molar-refractivity contribution is 9.10. The first kappa shape index (κ1) is 12.0. The van der Waals surface area contributed by atoms with E-state index in [1.165, 1.54) is 0 Å². The fraction of sp³-hybridized carbons (Fsp3) is 0.250. The average Bonchev–Trinajstić information content (AvgIpc) is 2.74. The van der Waals surface area contributed by atoms with Crippen LogP contribution in [0.3, 0.4) is 0 Å². The van der Waals surface area contributed by atoms with Gasteiger partial charge in [-0.05, 0) is 34.5 Å². The van der Waals surface area contributed by atoms with Crippen molar-refractivity contribution in [3.63, 3.8) is 0 Å². The van der Waals surface area contributed by atoms with Crippen LogP contribution in [-0.4, -0.2) is 16.4 Å². The number of aromatic nitrogens is 2. The van der Waals surface area contributed by atoms with Gasteiger partial charge in [-0.3, -0.25) is 0 Å². The molecule has 1 aromatic heterocycles. The number of nitrogen functional groups attached to an aromatic ring is 1. The molecule has 0 amide bonds. The van der Waals surface area contributed by atoms with E-state index >= 15 is 0 Å². The molecule has 0 spiro atoms. The predicted molar refractivity (Wildman–Crippen MR) is 71.5 cm³/mol. The van der Waals surface area contributed by atoms with E-state index in [4.69, 9.17) is 10.5 Å². The Kier molecular flexibility index (Phi) is 3.68. The topological polar surface area (TPSA) is 53.1 Å². The van der Waals surface area contributed by atoms with Gasteiger partial charge in [0.15, 0.2) is 0 Å². The minimum absolute atomic E-state index is 0.608. The summed E-state index contributed by atoms with van der Waals surface area (Å²) < 4.78 is 8.21. The first-order valence-electron chi connectivity index (χ1n) is 5.44. The van der Waals surface area contributed by atoms with Gasteiger partial charge < -0.3 is 10.5 Å². The Morgan fingerprint density at radius 1 is 1.47 bits per heavy atom. The van der Waals surface area contributed by atoms with Crippen LogP contribution in [0, 0.1) is 0 Å². The van der Waals surface area contributed by atoms with Crippen molar-refractivity contribution in [3.05, 3.63) is 35.1 Å². The Bertz CT molecular complexity index is 510. The average molecular weight is 296 g/mol. The zero-order chi connectivity index (χ0) is 12.3. The van der Waals surface area contributed by atoms with E-state index < -0.39 is 0 Å². The van der Waals surface area contributed by atoms with E-state index in [2.05, 4.69) is 28.0 Å². The second-order valence-electron chi connectivity index (χ2n) is 3.64. The molecule has 1 aromatic carbocycles. The maximum absolute atomic E-state index is 6.06. The number of nitrogens with zero attached hydrogens (tertiary/aromatic N) is 2. The summed E-state index contributed by atoms with van der Waals surface area (Å²) in [5, 5.41) is 4.20. The molecule has 1 heterocycles. The van der Waals surface area contributed by atoms with Crippen LogP contribution in [0.15, 0.2) is 35.1 Å². The number of hydrogen-bond acceptors (Lipinski definition) is 3. The summed E-state index contributed by atoms with van der Waals surface area (Å²) in [6, 6.07) is 5.69. The van der Waals surface area contributed by atoms with Gasteiger partial charge in [0, 0.05) is 6.20 Å². The lowest BCUT2D eigenvalue weighted by Gasteiger charge is -2.11. The summed E-state index contributed by atoms with van der Waals surface area (Å²) in [5.74, 6) is 0.705. The highest BCUT2D eigenvalue weighted by Gasteiger charge is 2.08. The fourth-order valence-corrected chi connectivity index (χ4v) is 1.79. The quantitative estimate of drug-likeness (QED) is 0.882. The molecule has 17 heavy (non-hydrogen) atoms. The largest absolute Gasteiger partial charge is 0.491 e. The van der Waals surface area contributed by atoms with Crippen LogP contribution in [0.5, 0.6) is 5.75 Å². The van der Waals surface area contributed by atoms with Crippen LogP contribution < -0.4 is 10.5 Å². The number of rotatable bonds is 4. The van der Waals surface area contributed by atoms with Crippen LogP contribution in [0.2, 0.25) is 0 Å². The molecule has 2 aromatic rings. The molecule has 4 nitrogen and oxygen atoms in total. The maximum Gasteiger partial charge on any atom is 0.144 e. The van der Waals surface area contributed by atoms with E-state index in [9.17, 15) is 0 Å². The van der Waals surface area contributed by atoms with Gasteiger partial charge in [-0.25, -0.2) is 4.68 Å². The molecular formula is C12H14BrN3O. The van der Waals surface area contributed by atoms with E-state index in [1.54, 1.807) is 10.9 Å². The number of nitrogens with two attached hydrogens (primary N) is 1. The Labute approximate surface area is 109 Å². The number of para-hydroxylation sites is 1. The molecule has 0 saturated heterocycles. The smallest absolute Gasteiger partial charge is 0.144 e. The second-order valence-corrected chi connectivity index (χ2v) is 4.56. The molecule has 90 valence electrons. The van der Waals surface area contributed by atoms with Gasteiger partial charge in [-0.2, -0.15) is 5.10 Å². The zero-order valence-corrected chi connectivity index (χ0v) is 11.1. The summed E-state index contributed by atoms with van der Waals surface area (Å²) in [5.41, 5.74) is 7.50. The first-order valence-corrected chi connectivity index (χ1v) is 6.23. The van der Waals surface area contributed by atoms with Crippen molar-refractivity contribution in [2.75, 3.05) is 12.3 Å². The van der Waals surface area contributed by atoms with Crippen LogP contribution >= 0.6 is 15.9 Å². The molecule has 2 N–H and O–H groups in total. The lowest BCUT2D eigenvalue weighted by Crippen LogP contribution is -2.04. The highest BCUT2D eigenvalue weighted by Crippen LogP contribution is 2.28. The summed E-state index contributed by atoms with van der Waals surface area (Å²) in [6.07, 6.45) is 4.53. The maximum atomic E-state index is 6.06. The Hall–Kier alpha value is -1.49. The van der Waals surface area contributed by atoms with Crippen molar-refractivity contribution >= 4 is 21.6 Å². The van der Waals surface area contributed by atoms with Gasteiger partial charge in [0.25, 0.3) is 0 Å². The summed E-state index contributed by atoms with van der Waals surface area (Å²) in [7, 11) is 0. The molecule has 2 rings (SSSR count). The van der Waals surface area contributed by atoms with Crippen molar-refractivity contribution < 1.29 is 4.74 Å². The van der Waals surface area contributed by atoms with Crippen molar-refractivity contribution in [1.82, 2.24) is 9.78 Å². The van der Waals surface area contributed by atoms with Gasteiger partial charge in [0.2, 0.25) is 0 Å². The highest BCUT2D eigenvalue weighted by atomic mass is 79.9. The molecule has 0 radical (unpaired) electrons. The van der Waals surface area contributed by atoms with Crippen LogP contribution in [0.4, 0.5) is 5.69 Å². The summed E-state index contributed by atoms with van der Waals surface area (Å²) >= 11 is 3.36. The molecule has 0 unspecified atom stereocenters. The molecule has 0 fully saturated rings. The minimum Gasteiger partial charge on any atom is -0.491 e. The summed E-state index contributed by atoms with van der Waals surface area (Å²) in [6.45, 7) is 2.72. The van der Waals surface area contributed by atoms with Crippen molar-refractivity contribution in [3.8, 4) is 11.4 Å². The lowest BCUT2D eigenvalue weighted by molar-refractivity contribution is 0.319. The third kappa shape index (κ3) is 2.61. The van der Waals surface area contributed by atoms with Gasteiger partial charge in [0.1, 0.15) is 11.4 Å². The fourth-order valence-electron chi connectivity index (χ4n) is 1.50. The number of hydrogen-bond donors (Lipinski definition) is 1. The van der Waals surface area contributed by atoms with Crippen molar-refractivity contribution in [1.29, 1.82) is 0 Å². The molecule has 5 heteroatoms. The number of anilines is 1. The van der Waals surface area contributed by atoms with E-state index in [1.807, 2.05) is 24.4 Å². The third-order valence-electron chi connectivity index (χ3n) is 2.30. The molecule has 0 aliphatic carbocycles.